The van der Waals surface area contributed by atoms with E-state index in [1.807, 2.05) is 47.3 Å². The third-order valence-electron chi connectivity index (χ3n) is 4.94. The molecule has 1 aliphatic carbocycles. The van der Waals surface area contributed by atoms with Gasteiger partial charge >= 0.3 is 0 Å². The number of benzene rings is 1. The van der Waals surface area contributed by atoms with E-state index in [4.69, 9.17) is 0 Å². The number of pyridine rings is 1. The molecule has 2 aromatic heterocycles. The second-order valence-electron chi connectivity index (χ2n) is 6.73. The lowest BCUT2D eigenvalue weighted by Crippen LogP contribution is -2.25. The van der Waals surface area contributed by atoms with Crippen LogP contribution in [0.2, 0.25) is 0 Å². The molecule has 26 heavy (non-hydrogen) atoms. The van der Waals surface area contributed by atoms with E-state index in [2.05, 4.69) is 21.5 Å². The summed E-state index contributed by atoms with van der Waals surface area (Å²) in [7, 11) is 0. The van der Waals surface area contributed by atoms with Crippen molar-refractivity contribution < 1.29 is 4.79 Å². The third kappa shape index (κ3) is 3.30. The molecule has 0 spiro atoms. The molecule has 0 aliphatic heterocycles. The first-order chi connectivity index (χ1) is 12.7. The Balaban J connectivity index is 1.53. The predicted octanol–water partition coefficient (Wildman–Crippen LogP) is 3.64. The van der Waals surface area contributed by atoms with Gasteiger partial charge in [0.1, 0.15) is 0 Å². The van der Waals surface area contributed by atoms with Gasteiger partial charge in [-0.25, -0.2) is 9.67 Å². The van der Waals surface area contributed by atoms with Crippen LogP contribution in [0.25, 0.3) is 5.82 Å². The molecular weight excluding hydrogens is 324 g/mol. The van der Waals surface area contributed by atoms with Gasteiger partial charge in [0.05, 0.1) is 11.9 Å². The fourth-order valence-electron chi connectivity index (χ4n) is 3.59. The van der Waals surface area contributed by atoms with Crippen LogP contribution in [0.5, 0.6) is 0 Å². The number of carbonyl (C=O) groups excluding carboxylic acids is 1. The Kier molecular flexibility index (Phi) is 4.63. The lowest BCUT2D eigenvalue weighted by atomic mass is 9.92. The van der Waals surface area contributed by atoms with Crippen molar-refractivity contribution in [1.29, 1.82) is 0 Å². The van der Waals surface area contributed by atoms with E-state index >= 15 is 0 Å². The van der Waals surface area contributed by atoms with Gasteiger partial charge in [0.15, 0.2) is 11.6 Å². The Hall–Kier alpha value is -2.79. The van der Waals surface area contributed by atoms with Crippen molar-refractivity contribution in [1.82, 2.24) is 20.1 Å². The van der Waals surface area contributed by atoms with Crippen molar-refractivity contribution in [2.45, 2.75) is 38.8 Å². The molecule has 1 aromatic carbocycles. The van der Waals surface area contributed by atoms with Crippen LogP contribution in [-0.4, -0.2) is 20.5 Å². The topological polar surface area (TPSA) is 59.8 Å². The van der Waals surface area contributed by atoms with Gasteiger partial charge in [-0.05, 0) is 49.9 Å². The molecule has 132 valence electrons. The van der Waals surface area contributed by atoms with Gasteiger partial charge in [0, 0.05) is 29.9 Å². The molecule has 1 N–H and O–H groups in total. The van der Waals surface area contributed by atoms with Crippen molar-refractivity contribution >= 4 is 5.78 Å². The average Bonchev–Trinajstić information content (AvgIpc) is 3.12. The van der Waals surface area contributed by atoms with Crippen molar-refractivity contribution in [2.24, 2.45) is 0 Å². The van der Waals surface area contributed by atoms with E-state index in [-0.39, 0.29) is 11.8 Å². The molecule has 0 fully saturated rings. The number of nitrogens with one attached hydrogen (secondary N) is 1. The number of rotatable bonds is 5. The maximum Gasteiger partial charge on any atom is 0.159 e. The van der Waals surface area contributed by atoms with E-state index in [0.29, 0.717) is 0 Å². The summed E-state index contributed by atoms with van der Waals surface area (Å²) in [5.74, 6) is 0.965. The lowest BCUT2D eigenvalue weighted by Gasteiger charge is -2.24. The lowest BCUT2D eigenvalue weighted by molar-refractivity contribution is 0.101. The molecule has 5 nitrogen and oxygen atoms in total. The van der Waals surface area contributed by atoms with Crippen LogP contribution in [0.4, 0.5) is 0 Å². The predicted molar refractivity (Wildman–Crippen MR) is 100 cm³/mol. The van der Waals surface area contributed by atoms with Gasteiger partial charge in [-0.1, -0.05) is 24.3 Å². The first-order valence-electron chi connectivity index (χ1n) is 9.04. The Morgan fingerprint density at radius 2 is 2.19 bits per heavy atom. The molecular formula is C21H22N4O. The van der Waals surface area contributed by atoms with Gasteiger partial charge in [-0.2, -0.15) is 5.10 Å². The van der Waals surface area contributed by atoms with Gasteiger partial charge in [0.25, 0.3) is 0 Å². The SMILES string of the molecule is CC(=O)c1cccc(CNC2CCCc3c2cnn3-c2ccccn2)c1. The fraction of sp³-hybridized carbons (Fsp3) is 0.286. The first-order valence-corrected chi connectivity index (χ1v) is 9.04. The maximum atomic E-state index is 11.6. The number of nitrogens with zero attached hydrogens (tertiary/aromatic N) is 3. The zero-order valence-electron chi connectivity index (χ0n) is 14.9. The van der Waals surface area contributed by atoms with E-state index in [1.165, 1.54) is 11.3 Å². The third-order valence-corrected chi connectivity index (χ3v) is 4.94. The minimum absolute atomic E-state index is 0.100. The maximum absolute atomic E-state index is 11.6. The largest absolute Gasteiger partial charge is 0.306 e. The van der Waals surface area contributed by atoms with Crippen molar-refractivity contribution in [3.8, 4) is 5.82 Å². The highest BCUT2D eigenvalue weighted by Crippen LogP contribution is 2.31. The van der Waals surface area contributed by atoms with Crippen molar-refractivity contribution in [2.75, 3.05) is 0 Å². The molecule has 0 radical (unpaired) electrons. The summed E-state index contributed by atoms with van der Waals surface area (Å²) in [6.07, 6.45) is 6.99. The molecule has 3 aromatic rings. The van der Waals surface area contributed by atoms with E-state index < -0.39 is 0 Å². The summed E-state index contributed by atoms with van der Waals surface area (Å²) in [6, 6.07) is 14.0. The van der Waals surface area contributed by atoms with Crippen LogP contribution >= 0.6 is 0 Å². The van der Waals surface area contributed by atoms with Crippen LogP contribution in [0.3, 0.4) is 0 Å². The Morgan fingerprint density at radius 1 is 1.27 bits per heavy atom. The first kappa shape index (κ1) is 16.7. The van der Waals surface area contributed by atoms with Crippen LogP contribution in [0.1, 0.15) is 53.0 Å². The second-order valence-corrected chi connectivity index (χ2v) is 6.73. The number of carbonyl (C=O) groups is 1. The molecule has 2 heterocycles. The molecule has 0 bridgehead atoms. The molecule has 1 atom stereocenters. The van der Waals surface area contributed by atoms with Crippen LogP contribution < -0.4 is 5.32 Å². The normalized spacial score (nSPS) is 16.3. The molecule has 1 unspecified atom stereocenters. The van der Waals surface area contributed by atoms with Crippen LogP contribution in [0.15, 0.2) is 54.9 Å². The van der Waals surface area contributed by atoms with Crippen LogP contribution in [0, 0.1) is 0 Å². The summed E-state index contributed by atoms with van der Waals surface area (Å²) in [5, 5.41) is 8.22. The minimum atomic E-state index is 0.100. The zero-order chi connectivity index (χ0) is 17.9. The quantitative estimate of drug-likeness (QED) is 0.717. The smallest absolute Gasteiger partial charge is 0.159 e. The zero-order valence-corrected chi connectivity index (χ0v) is 14.9. The highest BCUT2D eigenvalue weighted by atomic mass is 16.1. The fourth-order valence-corrected chi connectivity index (χ4v) is 3.59. The Bertz CT molecular complexity index is 917. The molecule has 4 rings (SSSR count). The van der Waals surface area contributed by atoms with Gasteiger partial charge in [-0.15, -0.1) is 0 Å². The molecule has 5 heteroatoms. The van der Waals surface area contributed by atoms with E-state index in [1.54, 1.807) is 13.1 Å². The average molecular weight is 346 g/mol. The summed E-state index contributed by atoms with van der Waals surface area (Å²) in [6.45, 7) is 2.34. The number of hydrogen-bond donors (Lipinski definition) is 1. The van der Waals surface area contributed by atoms with Gasteiger partial charge < -0.3 is 5.32 Å². The highest BCUT2D eigenvalue weighted by molar-refractivity contribution is 5.94. The molecule has 0 saturated carbocycles. The molecule has 0 amide bonds. The Labute approximate surface area is 153 Å². The minimum Gasteiger partial charge on any atom is -0.306 e. The number of fused-ring (bicyclic) bond motifs is 1. The summed E-state index contributed by atoms with van der Waals surface area (Å²) in [4.78, 5) is 16.0. The second kappa shape index (κ2) is 7.22. The summed E-state index contributed by atoms with van der Waals surface area (Å²) in [5.41, 5.74) is 4.38. The van der Waals surface area contributed by atoms with Gasteiger partial charge in [0.2, 0.25) is 0 Å². The monoisotopic (exact) mass is 346 g/mol. The molecule has 1 aliphatic rings. The van der Waals surface area contributed by atoms with Crippen molar-refractivity contribution in [3.05, 3.63) is 77.2 Å². The van der Waals surface area contributed by atoms with Crippen LogP contribution in [-0.2, 0) is 13.0 Å². The molecule has 0 saturated heterocycles. The number of ketones is 1. The standard InChI is InChI=1S/C21H22N4O/c1-15(26)17-7-4-6-16(12-17)13-23-19-8-5-9-20-18(19)14-24-25(20)21-10-2-3-11-22-21/h2-4,6-7,10-12,14,19,23H,5,8-9,13H2,1H3. The Morgan fingerprint density at radius 3 is 3.00 bits per heavy atom. The van der Waals surface area contributed by atoms with E-state index in [9.17, 15) is 4.79 Å². The number of hydrogen-bond acceptors (Lipinski definition) is 4. The van der Waals surface area contributed by atoms with Gasteiger partial charge in [-0.3, -0.25) is 4.79 Å². The summed E-state index contributed by atoms with van der Waals surface area (Å²) >= 11 is 0. The highest BCUT2D eigenvalue weighted by Gasteiger charge is 2.24. The number of Topliss-reactive ketones (excluding diaryl/α,β-unsaturated/α-hetero) is 1. The van der Waals surface area contributed by atoms with Crippen molar-refractivity contribution in [3.63, 3.8) is 0 Å². The van der Waals surface area contributed by atoms with E-state index in [0.717, 1.165) is 42.8 Å². The summed E-state index contributed by atoms with van der Waals surface area (Å²) < 4.78 is 1.96. The number of aromatic nitrogens is 3.